The van der Waals surface area contributed by atoms with Crippen LogP contribution in [0.3, 0.4) is 0 Å². The zero-order valence-electron chi connectivity index (χ0n) is 7.05. The van der Waals surface area contributed by atoms with Gasteiger partial charge >= 0.3 is 0 Å². The molecule has 0 aliphatic heterocycles. The Hall–Kier alpha value is -0.790. The van der Waals surface area contributed by atoms with Crippen molar-refractivity contribution in [2.45, 2.75) is 33.1 Å². The molecule has 1 aliphatic rings. The van der Waals surface area contributed by atoms with Gasteiger partial charge in [0.2, 0.25) is 5.78 Å². The molecule has 1 unspecified atom stereocenters. The number of aliphatic hydroxyl groups is 1. The highest BCUT2D eigenvalue weighted by Crippen LogP contribution is 2.34. The molecule has 1 atom stereocenters. The van der Waals surface area contributed by atoms with Crippen molar-refractivity contribution in [1.29, 1.82) is 0 Å². The molecule has 0 aromatic rings. The second-order valence-corrected chi connectivity index (χ2v) is 3.37. The van der Waals surface area contributed by atoms with Crippen molar-refractivity contribution in [3.63, 3.8) is 0 Å². The zero-order chi connectivity index (χ0) is 8.48. The number of carbonyl (C=O) groups is 1. The number of allylic oxidation sites excluding steroid dienone is 2. The molecule has 0 heterocycles. The van der Waals surface area contributed by atoms with Crippen LogP contribution in [-0.4, -0.2) is 10.9 Å². The summed E-state index contributed by atoms with van der Waals surface area (Å²) in [5, 5.41) is 9.16. The molecule has 1 aliphatic carbocycles. The Balaban J connectivity index is 2.88. The first-order valence-corrected chi connectivity index (χ1v) is 4.04. The first kappa shape index (κ1) is 8.31. The molecule has 0 amide bonds. The summed E-state index contributed by atoms with van der Waals surface area (Å²) in [6.45, 7) is 3.90. The third-order valence-corrected chi connectivity index (χ3v) is 2.59. The molecule has 0 radical (unpaired) electrons. The van der Waals surface area contributed by atoms with Crippen molar-refractivity contribution in [3.05, 3.63) is 11.8 Å². The van der Waals surface area contributed by atoms with Crippen LogP contribution in [0.25, 0.3) is 0 Å². The van der Waals surface area contributed by atoms with E-state index in [1.165, 1.54) is 0 Å². The maximum atomic E-state index is 11.4. The minimum absolute atomic E-state index is 0.0411. The smallest absolute Gasteiger partial charge is 0.202 e. The van der Waals surface area contributed by atoms with Gasteiger partial charge in [-0.1, -0.05) is 13.8 Å². The fourth-order valence-corrected chi connectivity index (χ4v) is 1.38. The first-order valence-electron chi connectivity index (χ1n) is 4.04. The Bertz CT molecular complexity index is 206. The van der Waals surface area contributed by atoms with Gasteiger partial charge in [0.15, 0.2) is 5.76 Å². The summed E-state index contributed by atoms with van der Waals surface area (Å²) in [7, 11) is 0. The van der Waals surface area contributed by atoms with Gasteiger partial charge < -0.3 is 5.11 Å². The summed E-state index contributed by atoms with van der Waals surface area (Å²) in [4.78, 5) is 11.4. The van der Waals surface area contributed by atoms with E-state index < -0.39 is 0 Å². The van der Waals surface area contributed by atoms with Crippen molar-refractivity contribution < 1.29 is 9.90 Å². The molecule has 0 saturated carbocycles. The number of rotatable bonds is 1. The highest BCUT2D eigenvalue weighted by Gasteiger charge is 2.35. The lowest BCUT2D eigenvalue weighted by molar-refractivity contribution is -0.127. The van der Waals surface area contributed by atoms with E-state index in [1.54, 1.807) is 6.08 Å². The fourth-order valence-electron chi connectivity index (χ4n) is 1.38. The number of ketones is 1. The van der Waals surface area contributed by atoms with Crippen LogP contribution < -0.4 is 0 Å². The van der Waals surface area contributed by atoms with E-state index in [2.05, 4.69) is 0 Å². The highest BCUT2D eigenvalue weighted by molar-refractivity contribution is 5.98. The van der Waals surface area contributed by atoms with E-state index in [1.807, 2.05) is 13.8 Å². The SMILES string of the molecule is CCC1(C)CCC=C(O)C1=O. The van der Waals surface area contributed by atoms with E-state index in [-0.39, 0.29) is 17.0 Å². The minimum atomic E-state index is -0.307. The fraction of sp³-hybridized carbons (Fsp3) is 0.667. The molecule has 1 rings (SSSR count). The Morgan fingerprint density at radius 2 is 2.36 bits per heavy atom. The van der Waals surface area contributed by atoms with Crippen molar-refractivity contribution in [2.24, 2.45) is 5.41 Å². The quantitative estimate of drug-likeness (QED) is 0.628. The third-order valence-electron chi connectivity index (χ3n) is 2.59. The molecule has 2 nitrogen and oxygen atoms in total. The summed E-state index contributed by atoms with van der Waals surface area (Å²) in [5.74, 6) is -0.133. The van der Waals surface area contributed by atoms with Crippen LogP contribution in [0.15, 0.2) is 11.8 Å². The lowest BCUT2D eigenvalue weighted by Gasteiger charge is -2.28. The molecule has 2 heteroatoms. The van der Waals surface area contributed by atoms with Gasteiger partial charge in [0.05, 0.1) is 0 Å². The number of hydrogen-bond acceptors (Lipinski definition) is 2. The van der Waals surface area contributed by atoms with Crippen LogP contribution in [0.1, 0.15) is 33.1 Å². The first-order chi connectivity index (χ1) is 5.10. The second kappa shape index (κ2) is 2.68. The molecular weight excluding hydrogens is 140 g/mol. The number of carbonyl (C=O) groups excluding carboxylic acids is 1. The van der Waals surface area contributed by atoms with Gasteiger partial charge in [0, 0.05) is 5.41 Å². The Morgan fingerprint density at radius 3 is 2.82 bits per heavy atom. The molecule has 0 fully saturated rings. The van der Waals surface area contributed by atoms with Crippen LogP contribution >= 0.6 is 0 Å². The van der Waals surface area contributed by atoms with Crippen molar-refractivity contribution in [3.8, 4) is 0 Å². The predicted octanol–water partition coefficient (Wildman–Crippen LogP) is 2.21. The lowest BCUT2D eigenvalue weighted by Crippen LogP contribution is -2.30. The van der Waals surface area contributed by atoms with Gasteiger partial charge in [-0.2, -0.15) is 0 Å². The molecule has 62 valence electrons. The van der Waals surface area contributed by atoms with Crippen LogP contribution in [0.4, 0.5) is 0 Å². The summed E-state index contributed by atoms with van der Waals surface area (Å²) >= 11 is 0. The van der Waals surface area contributed by atoms with Gasteiger partial charge in [-0.15, -0.1) is 0 Å². The monoisotopic (exact) mass is 154 g/mol. The largest absolute Gasteiger partial charge is 0.505 e. The van der Waals surface area contributed by atoms with Crippen molar-refractivity contribution in [1.82, 2.24) is 0 Å². The number of hydrogen-bond donors (Lipinski definition) is 1. The summed E-state index contributed by atoms with van der Waals surface area (Å²) < 4.78 is 0. The van der Waals surface area contributed by atoms with Gasteiger partial charge in [0.25, 0.3) is 0 Å². The topological polar surface area (TPSA) is 37.3 Å². The molecular formula is C9H14O2. The van der Waals surface area contributed by atoms with Gasteiger partial charge in [-0.3, -0.25) is 4.79 Å². The van der Waals surface area contributed by atoms with Crippen molar-refractivity contribution in [2.75, 3.05) is 0 Å². The van der Waals surface area contributed by atoms with Crippen LogP contribution in [0.5, 0.6) is 0 Å². The molecule has 11 heavy (non-hydrogen) atoms. The molecule has 0 aromatic carbocycles. The van der Waals surface area contributed by atoms with E-state index in [0.29, 0.717) is 0 Å². The normalized spacial score (nSPS) is 31.8. The van der Waals surface area contributed by atoms with Gasteiger partial charge in [0.1, 0.15) is 0 Å². The number of aliphatic hydroxyl groups excluding tert-OH is 1. The summed E-state index contributed by atoms with van der Waals surface area (Å²) in [5.41, 5.74) is -0.307. The highest BCUT2D eigenvalue weighted by atomic mass is 16.3. The lowest BCUT2D eigenvalue weighted by atomic mass is 9.75. The van der Waals surface area contributed by atoms with E-state index in [4.69, 9.17) is 5.11 Å². The maximum absolute atomic E-state index is 11.4. The minimum Gasteiger partial charge on any atom is -0.505 e. The Morgan fingerprint density at radius 1 is 1.73 bits per heavy atom. The van der Waals surface area contributed by atoms with E-state index >= 15 is 0 Å². The molecule has 0 saturated heterocycles. The third kappa shape index (κ3) is 1.30. The number of Topliss-reactive ketones (excluding diaryl/α,β-unsaturated/α-hetero) is 1. The zero-order valence-corrected chi connectivity index (χ0v) is 7.05. The van der Waals surface area contributed by atoms with E-state index in [0.717, 1.165) is 19.3 Å². The molecule has 1 N–H and O–H groups in total. The average Bonchev–Trinajstić information content (AvgIpc) is 2.00. The summed E-state index contributed by atoms with van der Waals surface area (Å²) in [6.07, 6.45) is 4.11. The van der Waals surface area contributed by atoms with Gasteiger partial charge in [-0.25, -0.2) is 0 Å². The van der Waals surface area contributed by atoms with Crippen molar-refractivity contribution >= 4 is 5.78 Å². The Labute approximate surface area is 66.9 Å². The van der Waals surface area contributed by atoms with Crippen LogP contribution in [0, 0.1) is 5.41 Å². The molecule has 0 spiro atoms. The van der Waals surface area contributed by atoms with E-state index in [9.17, 15) is 4.79 Å². The summed E-state index contributed by atoms with van der Waals surface area (Å²) in [6, 6.07) is 0. The molecule has 0 aromatic heterocycles. The predicted molar refractivity (Wildman–Crippen MR) is 43.4 cm³/mol. The second-order valence-electron chi connectivity index (χ2n) is 3.37. The average molecular weight is 154 g/mol. The van der Waals surface area contributed by atoms with Crippen LogP contribution in [-0.2, 0) is 4.79 Å². The standard InChI is InChI=1S/C9H14O2/c1-3-9(2)6-4-5-7(10)8(9)11/h5,10H,3-4,6H2,1-2H3. The van der Waals surface area contributed by atoms with Crippen LogP contribution in [0.2, 0.25) is 0 Å². The van der Waals surface area contributed by atoms with Gasteiger partial charge in [-0.05, 0) is 25.3 Å². The maximum Gasteiger partial charge on any atom is 0.202 e. The Kier molecular flexibility index (Phi) is 2.03. The molecule has 0 bridgehead atoms.